The van der Waals surface area contributed by atoms with Crippen molar-refractivity contribution in [1.82, 2.24) is 4.98 Å². The van der Waals surface area contributed by atoms with Gasteiger partial charge in [-0.2, -0.15) is 5.10 Å². The van der Waals surface area contributed by atoms with Crippen LogP contribution in [0.2, 0.25) is 0 Å². The Morgan fingerprint density at radius 2 is 2.25 bits per heavy atom. The third-order valence-corrected chi connectivity index (χ3v) is 3.05. The number of hydrogen-bond donors (Lipinski definition) is 2. The molecule has 88 valence electrons. The second kappa shape index (κ2) is 5.60. The molecule has 1 aromatic heterocycles. The van der Waals surface area contributed by atoms with Gasteiger partial charge in [0.2, 0.25) is 0 Å². The Bertz CT molecular complexity index is 406. The van der Waals surface area contributed by atoms with Gasteiger partial charge in [-0.25, -0.2) is 0 Å². The Morgan fingerprint density at radius 3 is 2.81 bits per heavy atom. The number of amidine groups is 1. The molecule has 4 N–H and O–H groups in total. The quantitative estimate of drug-likeness (QED) is 0.358. The highest BCUT2D eigenvalue weighted by molar-refractivity contribution is 8.13. The van der Waals surface area contributed by atoms with Gasteiger partial charge in [-0.3, -0.25) is 4.98 Å². The zero-order chi connectivity index (χ0) is 12.1. The SMILES string of the molecule is COc1c(C)cnc(CSC(N)=NN)c1C. The Hall–Kier alpha value is -1.43. The summed E-state index contributed by atoms with van der Waals surface area (Å²) in [4.78, 5) is 4.34. The summed E-state index contributed by atoms with van der Waals surface area (Å²) in [6, 6.07) is 0. The van der Waals surface area contributed by atoms with E-state index in [0.29, 0.717) is 10.9 Å². The van der Waals surface area contributed by atoms with Gasteiger partial charge in [0.25, 0.3) is 0 Å². The van der Waals surface area contributed by atoms with Crippen LogP contribution in [0.1, 0.15) is 16.8 Å². The van der Waals surface area contributed by atoms with Crippen LogP contribution in [-0.2, 0) is 5.75 Å². The van der Waals surface area contributed by atoms with Gasteiger partial charge >= 0.3 is 0 Å². The molecule has 0 radical (unpaired) electrons. The Labute approximate surface area is 99.3 Å². The highest BCUT2D eigenvalue weighted by Crippen LogP contribution is 2.26. The molecule has 1 heterocycles. The van der Waals surface area contributed by atoms with E-state index in [0.717, 1.165) is 22.6 Å². The van der Waals surface area contributed by atoms with Crippen LogP contribution < -0.4 is 16.3 Å². The number of thioether (sulfide) groups is 1. The van der Waals surface area contributed by atoms with Crippen LogP contribution in [-0.4, -0.2) is 17.3 Å². The molecule has 0 aliphatic heterocycles. The van der Waals surface area contributed by atoms with Gasteiger partial charge in [-0.1, -0.05) is 11.8 Å². The van der Waals surface area contributed by atoms with Gasteiger partial charge in [-0.05, 0) is 13.8 Å². The van der Waals surface area contributed by atoms with Gasteiger partial charge in [-0.15, -0.1) is 0 Å². The second-order valence-electron chi connectivity index (χ2n) is 3.30. The summed E-state index contributed by atoms with van der Waals surface area (Å²) >= 11 is 1.35. The molecule has 0 spiro atoms. The van der Waals surface area contributed by atoms with Crippen LogP contribution in [0.5, 0.6) is 5.75 Å². The van der Waals surface area contributed by atoms with E-state index < -0.39 is 0 Å². The number of nitrogens with zero attached hydrogens (tertiary/aromatic N) is 2. The van der Waals surface area contributed by atoms with E-state index in [1.165, 1.54) is 11.8 Å². The van der Waals surface area contributed by atoms with E-state index >= 15 is 0 Å². The van der Waals surface area contributed by atoms with E-state index in [2.05, 4.69) is 10.1 Å². The Balaban J connectivity index is 2.90. The zero-order valence-corrected chi connectivity index (χ0v) is 10.5. The number of hydrogen-bond acceptors (Lipinski definition) is 5. The van der Waals surface area contributed by atoms with Gasteiger partial charge in [0.05, 0.1) is 12.8 Å². The molecule has 0 aliphatic carbocycles. The first-order valence-electron chi connectivity index (χ1n) is 4.75. The molecule has 0 aliphatic rings. The Morgan fingerprint density at radius 1 is 1.56 bits per heavy atom. The number of ether oxygens (including phenoxy) is 1. The minimum atomic E-state index is 0.348. The summed E-state index contributed by atoms with van der Waals surface area (Å²) in [5.41, 5.74) is 8.48. The minimum absolute atomic E-state index is 0.348. The standard InChI is InChI=1S/C10H16N4OS/c1-6-4-13-8(5-16-10(11)14-12)7(2)9(6)15-3/h4H,5,12H2,1-3H3,(H2,11,14). The van der Waals surface area contributed by atoms with Crippen LogP contribution in [0.3, 0.4) is 0 Å². The van der Waals surface area contributed by atoms with Crippen LogP contribution >= 0.6 is 11.8 Å². The Kier molecular flexibility index (Phi) is 4.42. The molecule has 0 aromatic carbocycles. The van der Waals surface area contributed by atoms with E-state index in [-0.39, 0.29) is 0 Å². The first-order chi connectivity index (χ1) is 7.60. The highest BCUT2D eigenvalue weighted by Gasteiger charge is 2.09. The average Bonchev–Trinajstić information content (AvgIpc) is 2.28. The van der Waals surface area contributed by atoms with Crippen LogP contribution in [0.4, 0.5) is 0 Å². The summed E-state index contributed by atoms with van der Waals surface area (Å²) in [5, 5.41) is 3.74. The molecule has 0 amide bonds. The summed E-state index contributed by atoms with van der Waals surface area (Å²) in [6.07, 6.45) is 1.79. The maximum absolute atomic E-state index is 5.50. The fourth-order valence-electron chi connectivity index (χ4n) is 1.40. The summed E-state index contributed by atoms with van der Waals surface area (Å²) in [7, 11) is 1.65. The molecule has 0 unspecified atom stereocenters. The first-order valence-corrected chi connectivity index (χ1v) is 5.74. The van der Waals surface area contributed by atoms with Crippen molar-refractivity contribution in [1.29, 1.82) is 0 Å². The number of nitrogens with two attached hydrogens (primary N) is 2. The fourth-order valence-corrected chi connectivity index (χ4v) is 2.05. The fraction of sp³-hybridized carbons (Fsp3) is 0.400. The summed E-state index contributed by atoms with van der Waals surface area (Å²) in [5.74, 6) is 6.55. The molecule has 16 heavy (non-hydrogen) atoms. The lowest BCUT2D eigenvalue weighted by Crippen LogP contribution is -2.10. The van der Waals surface area contributed by atoms with Crippen molar-refractivity contribution in [3.05, 3.63) is 23.0 Å². The highest BCUT2D eigenvalue weighted by atomic mass is 32.2. The van der Waals surface area contributed by atoms with Crippen molar-refractivity contribution < 1.29 is 4.74 Å². The lowest BCUT2D eigenvalue weighted by Gasteiger charge is -2.11. The van der Waals surface area contributed by atoms with Crippen LogP contribution in [0.15, 0.2) is 11.3 Å². The summed E-state index contributed by atoms with van der Waals surface area (Å²) < 4.78 is 5.31. The molecule has 0 bridgehead atoms. The molecular formula is C10H16N4OS. The zero-order valence-electron chi connectivity index (χ0n) is 9.65. The number of methoxy groups -OCH3 is 1. The average molecular weight is 240 g/mol. The minimum Gasteiger partial charge on any atom is -0.496 e. The molecule has 1 rings (SSSR count). The molecule has 6 heteroatoms. The largest absolute Gasteiger partial charge is 0.496 e. The van der Waals surface area contributed by atoms with E-state index in [9.17, 15) is 0 Å². The lowest BCUT2D eigenvalue weighted by atomic mass is 10.1. The van der Waals surface area contributed by atoms with E-state index in [1.807, 2.05) is 13.8 Å². The second-order valence-corrected chi connectivity index (χ2v) is 4.30. The van der Waals surface area contributed by atoms with Gasteiger partial charge < -0.3 is 16.3 Å². The number of hydrazone groups is 1. The van der Waals surface area contributed by atoms with Crippen molar-refractivity contribution in [2.45, 2.75) is 19.6 Å². The molecular weight excluding hydrogens is 224 g/mol. The van der Waals surface area contributed by atoms with Crippen molar-refractivity contribution >= 4 is 16.9 Å². The van der Waals surface area contributed by atoms with Crippen molar-refractivity contribution in [3.8, 4) is 5.75 Å². The monoisotopic (exact) mass is 240 g/mol. The van der Waals surface area contributed by atoms with Crippen molar-refractivity contribution in [2.75, 3.05) is 7.11 Å². The maximum atomic E-state index is 5.50. The molecule has 1 aromatic rings. The molecule has 0 fully saturated rings. The van der Waals surface area contributed by atoms with E-state index in [1.54, 1.807) is 13.3 Å². The summed E-state index contributed by atoms with van der Waals surface area (Å²) in [6.45, 7) is 3.94. The molecule has 0 saturated carbocycles. The topological polar surface area (TPSA) is 86.5 Å². The molecule has 0 saturated heterocycles. The van der Waals surface area contributed by atoms with Crippen molar-refractivity contribution in [2.24, 2.45) is 16.7 Å². The van der Waals surface area contributed by atoms with Crippen molar-refractivity contribution in [3.63, 3.8) is 0 Å². The van der Waals surface area contributed by atoms with Crippen LogP contribution in [0, 0.1) is 13.8 Å². The van der Waals surface area contributed by atoms with Gasteiger partial charge in [0.15, 0.2) is 5.17 Å². The molecule has 5 nitrogen and oxygen atoms in total. The predicted molar refractivity (Wildman–Crippen MR) is 67.4 cm³/mol. The normalized spacial score (nSPS) is 11.6. The third kappa shape index (κ3) is 2.79. The van der Waals surface area contributed by atoms with Gasteiger partial charge in [0, 0.05) is 23.1 Å². The number of rotatable bonds is 3. The lowest BCUT2D eigenvalue weighted by molar-refractivity contribution is 0.407. The van der Waals surface area contributed by atoms with Gasteiger partial charge in [0.1, 0.15) is 5.75 Å². The number of aryl methyl sites for hydroxylation is 1. The smallest absolute Gasteiger partial charge is 0.177 e. The third-order valence-electron chi connectivity index (χ3n) is 2.23. The maximum Gasteiger partial charge on any atom is 0.177 e. The number of pyridine rings is 1. The first kappa shape index (κ1) is 12.6. The van der Waals surface area contributed by atoms with Crippen LogP contribution in [0.25, 0.3) is 0 Å². The molecule has 0 atom stereocenters. The predicted octanol–water partition coefficient (Wildman–Crippen LogP) is 1.13. The number of aromatic nitrogens is 1. The van der Waals surface area contributed by atoms with E-state index in [4.69, 9.17) is 16.3 Å².